The molecule has 4 rings (SSSR count). The number of benzene rings is 2. The van der Waals surface area contributed by atoms with E-state index in [0.717, 1.165) is 35.3 Å². The van der Waals surface area contributed by atoms with Crippen molar-refractivity contribution >= 4 is 5.91 Å². The van der Waals surface area contributed by atoms with Gasteiger partial charge in [0, 0.05) is 12.1 Å². The third-order valence-electron chi connectivity index (χ3n) is 4.90. The van der Waals surface area contributed by atoms with Crippen LogP contribution in [0.2, 0.25) is 0 Å². The van der Waals surface area contributed by atoms with Gasteiger partial charge in [-0.05, 0) is 65.8 Å². The van der Waals surface area contributed by atoms with E-state index in [2.05, 4.69) is 17.4 Å². The molecule has 0 unspecified atom stereocenters. The average Bonchev–Trinajstić information content (AvgIpc) is 3.37. The van der Waals surface area contributed by atoms with Crippen molar-refractivity contribution in [3.63, 3.8) is 0 Å². The van der Waals surface area contributed by atoms with E-state index in [0.29, 0.717) is 19.8 Å². The number of hydrogen-bond acceptors (Lipinski definition) is 3. The minimum absolute atomic E-state index is 0.0239. The smallest absolute Gasteiger partial charge is 0.251 e. The highest BCUT2D eigenvalue weighted by atomic mass is 16.5. The number of carbonyl (C=O) groups excluding carboxylic acids is 1. The molecule has 0 atom stereocenters. The van der Waals surface area contributed by atoms with Crippen LogP contribution in [0.1, 0.15) is 44.8 Å². The Hall–Kier alpha value is -2.85. The van der Waals surface area contributed by atoms with Gasteiger partial charge in [0.25, 0.3) is 5.91 Å². The zero-order chi connectivity index (χ0) is 18.5. The Morgan fingerprint density at radius 2 is 1.85 bits per heavy atom. The highest BCUT2D eigenvalue weighted by molar-refractivity contribution is 5.94. The fraction of sp³-hybridized carbons (Fsp3) is 0.261. The summed E-state index contributed by atoms with van der Waals surface area (Å²) < 4.78 is 10.9. The number of nitrogens with one attached hydrogen (secondary N) is 1. The normalized spacial score (nSPS) is 12.7. The van der Waals surface area contributed by atoms with Gasteiger partial charge in [-0.15, -0.1) is 0 Å². The number of aryl methyl sites for hydroxylation is 2. The van der Waals surface area contributed by atoms with Crippen LogP contribution in [0, 0.1) is 0 Å². The molecule has 138 valence electrons. The molecule has 0 bridgehead atoms. The lowest BCUT2D eigenvalue weighted by Gasteiger charge is -2.09. The van der Waals surface area contributed by atoms with Crippen molar-refractivity contribution in [3.05, 3.63) is 94.4 Å². The summed E-state index contributed by atoms with van der Waals surface area (Å²) in [6.45, 7) is 1.46. The van der Waals surface area contributed by atoms with E-state index in [1.807, 2.05) is 42.5 Å². The maximum atomic E-state index is 12.5. The van der Waals surface area contributed by atoms with Crippen LogP contribution in [-0.4, -0.2) is 5.91 Å². The van der Waals surface area contributed by atoms with Crippen LogP contribution in [0.3, 0.4) is 0 Å². The Balaban J connectivity index is 1.30. The number of rotatable bonds is 7. The van der Waals surface area contributed by atoms with Crippen molar-refractivity contribution in [1.82, 2.24) is 5.32 Å². The second-order valence-corrected chi connectivity index (χ2v) is 6.91. The van der Waals surface area contributed by atoms with E-state index in [4.69, 9.17) is 9.15 Å². The largest absolute Gasteiger partial charge is 0.467 e. The molecule has 2 aromatic carbocycles. The summed E-state index contributed by atoms with van der Waals surface area (Å²) >= 11 is 0. The zero-order valence-corrected chi connectivity index (χ0v) is 15.2. The molecule has 1 aliphatic rings. The summed E-state index contributed by atoms with van der Waals surface area (Å²) in [7, 11) is 0. The van der Waals surface area contributed by atoms with Crippen LogP contribution in [0.4, 0.5) is 0 Å². The molecule has 1 heterocycles. The van der Waals surface area contributed by atoms with Gasteiger partial charge in [0.15, 0.2) is 0 Å². The van der Waals surface area contributed by atoms with Gasteiger partial charge in [-0.3, -0.25) is 4.79 Å². The van der Waals surface area contributed by atoms with Gasteiger partial charge in [0.2, 0.25) is 0 Å². The van der Waals surface area contributed by atoms with Gasteiger partial charge in [-0.1, -0.05) is 30.3 Å². The predicted molar refractivity (Wildman–Crippen MR) is 103 cm³/mol. The predicted octanol–water partition coefficient (Wildman–Crippen LogP) is 4.42. The Labute approximate surface area is 159 Å². The van der Waals surface area contributed by atoms with Crippen molar-refractivity contribution in [2.24, 2.45) is 0 Å². The topological polar surface area (TPSA) is 51.5 Å². The highest BCUT2D eigenvalue weighted by Crippen LogP contribution is 2.22. The summed E-state index contributed by atoms with van der Waals surface area (Å²) in [5.74, 6) is 0.789. The van der Waals surface area contributed by atoms with E-state index in [1.54, 1.807) is 6.26 Å². The molecule has 0 saturated carbocycles. The Morgan fingerprint density at radius 1 is 0.963 bits per heavy atom. The Morgan fingerprint density at radius 3 is 2.74 bits per heavy atom. The quantitative estimate of drug-likeness (QED) is 0.678. The van der Waals surface area contributed by atoms with Gasteiger partial charge in [0.1, 0.15) is 12.4 Å². The Kier molecular flexibility index (Phi) is 5.35. The summed E-state index contributed by atoms with van der Waals surface area (Å²) in [4.78, 5) is 12.5. The van der Waals surface area contributed by atoms with E-state index in [1.165, 1.54) is 17.5 Å². The van der Waals surface area contributed by atoms with Crippen LogP contribution in [0.25, 0.3) is 0 Å². The number of carbonyl (C=O) groups is 1. The van der Waals surface area contributed by atoms with Crippen molar-refractivity contribution in [3.8, 4) is 0 Å². The van der Waals surface area contributed by atoms with Gasteiger partial charge in [-0.25, -0.2) is 0 Å². The minimum Gasteiger partial charge on any atom is -0.467 e. The lowest BCUT2D eigenvalue weighted by Crippen LogP contribution is -2.23. The zero-order valence-electron chi connectivity index (χ0n) is 15.2. The van der Waals surface area contributed by atoms with Crippen LogP contribution in [-0.2, 0) is 37.3 Å². The number of furan rings is 1. The molecular weight excluding hydrogens is 338 g/mol. The third kappa shape index (κ3) is 4.47. The first-order chi connectivity index (χ1) is 13.3. The van der Waals surface area contributed by atoms with Crippen molar-refractivity contribution in [1.29, 1.82) is 0 Å². The third-order valence-corrected chi connectivity index (χ3v) is 4.90. The second-order valence-electron chi connectivity index (χ2n) is 6.91. The fourth-order valence-electron chi connectivity index (χ4n) is 3.49. The van der Waals surface area contributed by atoms with E-state index in [9.17, 15) is 4.79 Å². The lowest BCUT2D eigenvalue weighted by molar-refractivity contribution is 0.0928. The molecule has 0 fully saturated rings. The Bertz CT molecular complexity index is 915. The second kappa shape index (κ2) is 8.23. The molecule has 1 amide bonds. The molecule has 4 nitrogen and oxygen atoms in total. The van der Waals surface area contributed by atoms with Crippen LogP contribution in [0.5, 0.6) is 0 Å². The number of amides is 1. The van der Waals surface area contributed by atoms with E-state index < -0.39 is 0 Å². The maximum Gasteiger partial charge on any atom is 0.251 e. The minimum atomic E-state index is -0.0239. The van der Waals surface area contributed by atoms with Crippen LogP contribution in [0.15, 0.2) is 65.3 Å². The van der Waals surface area contributed by atoms with Crippen molar-refractivity contribution in [2.45, 2.75) is 39.0 Å². The van der Waals surface area contributed by atoms with E-state index >= 15 is 0 Å². The molecular formula is C23H23NO3. The number of fused-ring (bicyclic) bond motifs is 1. The van der Waals surface area contributed by atoms with Gasteiger partial charge < -0.3 is 14.5 Å². The highest BCUT2D eigenvalue weighted by Gasteiger charge is 2.13. The average molecular weight is 361 g/mol. The summed E-state index contributed by atoms with van der Waals surface area (Å²) in [5, 5.41) is 3.02. The van der Waals surface area contributed by atoms with Gasteiger partial charge in [0.05, 0.1) is 12.9 Å². The monoisotopic (exact) mass is 361 g/mol. The fourth-order valence-corrected chi connectivity index (χ4v) is 3.49. The number of hydrogen-bond donors (Lipinski definition) is 1. The molecule has 1 aliphatic carbocycles. The molecule has 0 aliphatic heterocycles. The molecule has 0 saturated heterocycles. The molecule has 1 aromatic heterocycles. The summed E-state index contributed by atoms with van der Waals surface area (Å²) in [6, 6.07) is 17.9. The summed E-state index contributed by atoms with van der Waals surface area (Å²) in [5.41, 5.74) is 5.58. The standard InChI is InChI=1S/C23H23NO3/c25-23(21-10-9-19-6-2-7-20(19)13-21)24-14-17-4-1-5-18(12-17)15-26-16-22-8-3-11-27-22/h1,3-5,8-13H,2,6-7,14-16H2,(H,24,25). The maximum absolute atomic E-state index is 12.5. The molecule has 3 aromatic rings. The van der Waals surface area contributed by atoms with Gasteiger partial charge in [-0.2, -0.15) is 0 Å². The summed E-state index contributed by atoms with van der Waals surface area (Å²) in [6.07, 6.45) is 5.04. The van der Waals surface area contributed by atoms with E-state index in [-0.39, 0.29) is 5.91 Å². The molecule has 0 radical (unpaired) electrons. The first-order valence-corrected chi connectivity index (χ1v) is 9.36. The molecule has 1 N–H and O–H groups in total. The van der Waals surface area contributed by atoms with Crippen LogP contribution < -0.4 is 5.32 Å². The first kappa shape index (κ1) is 17.6. The number of ether oxygens (including phenoxy) is 1. The lowest BCUT2D eigenvalue weighted by atomic mass is 10.1. The first-order valence-electron chi connectivity index (χ1n) is 9.36. The van der Waals surface area contributed by atoms with Crippen LogP contribution >= 0.6 is 0 Å². The molecule has 4 heteroatoms. The van der Waals surface area contributed by atoms with Gasteiger partial charge >= 0.3 is 0 Å². The SMILES string of the molecule is O=C(NCc1cccc(COCc2ccco2)c1)c1ccc2c(c1)CCC2. The van der Waals surface area contributed by atoms with Crippen molar-refractivity contribution < 1.29 is 13.9 Å². The van der Waals surface area contributed by atoms with Crippen molar-refractivity contribution in [2.75, 3.05) is 0 Å². The molecule has 0 spiro atoms. The molecule has 27 heavy (non-hydrogen) atoms.